The number of ether oxygens (including phenoxy) is 1. The quantitative estimate of drug-likeness (QED) is 0.138. The molecule has 0 radical (unpaired) electrons. The number of aromatic nitrogens is 2. The van der Waals surface area contributed by atoms with Crippen molar-refractivity contribution in [1.29, 1.82) is 0 Å². The van der Waals surface area contributed by atoms with Gasteiger partial charge in [0.1, 0.15) is 23.0 Å². The molecular weight excluding hydrogens is 849 g/mol. The number of aryl methyl sites for hydroxylation is 2. The summed E-state index contributed by atoms with van der Waals surface area (Å²) < 4.78 is 48.0. The minimum absolute atomic E-state index is 0.00529. The number of carbonyl (C=O) groups is 4. The number of hydrogen-bond acceptors (Lipinski definition) is 8. The molecule has 0 unspecified atom stereocenters. The normalized spacial score (nSPS) is 25.9. The third kappa shape index (κ3) is 5.67. The van der Waals surface area contributed by atoms with Crippen LogP contribution in [0.4, 0.5) is 24.7 Å². The topological polar surface area (TPSA) is 122 Å². The lowest BCUT2D eigenvalue weighted by Crippen LogP contribution is -2.49. The SMILES string of the molecule is Cc1c(-c2cc(N3C(=O)[C@@H]4C[C@@H]5C(=CC[C@@H]6C(=O)N(c7ccc(Br)cc7)C(=O)[C@@H]65)[C@H](c5cc(OC(F)(F)F)ccc5O)[C@]4(C)C3=O)n(C)n2)sc2ccc(Cl)cc12. The number of nitrogens with zero attached hydrogens (tertiary/aromatic N) is 4. The maximum absolute atomic E-state index is 15.1. The second-order valence-corrected chi connectivity index (χ2v) is 17.5. The minimum Gasteiger partial charge on any atom is -0.508 e. The Kier molecular flexibility index (Phi) is 8.58. The van der Waals surface area contributed by atoms with E-state index < -0.39 is 76.5 Å². The molecule has 0 spiro atoms. The molecule has 3 fully saturated rings. The van der Waals surface area contributed by atoms with E-state index in [0.29, 0.717) is 22.0 Å². The van der Waals surface area contributed by atoms with Gasteiger partial charge in [-0.05, 0) is 104 Å². The van der Waals surface area contributed by atoms with Gasteiger partial charge in [0, 0.05) is 38.8 Å². The van der Waals surface area contributed by atoms with Gasteiger partial charge in [0.2, 0.25) is 23.6 Å². The second-order valence-electron chi connectivity index (χ2n) is 15.1. The molecule has 57 heavy (non-hydrogen) atoms. The van der Waals surface area contributed by atoms with E-state index in [1.165, 1.54) is 16.0 Å². The molecule has 4 aliphatic rings. The van der Waals surface area contributed by atoms with E-state index in [0.717, 1.165) is 53.0 Å². The lowest BCUT2D eigenvalue weighted by atomic mass is 9.51. The van der Waals surface area contributed by atoms with Gasteiger partial charge in [0.15, 0.2) is 0 Å². The summed E-state index contributed by atoms with van der Waals surface area (Å²) in [5.41, 5.74) is 0.549. The van der Waals surface area contributed by atoms with Gasteiger partial charge in [-0.15, -0.1) is 24.5 Å². The van der Waals surface area contributed by atoms with Crippen LogP contribution in [0.5, 0.6) is 11.5 Å². The number of phenols is 1. The molecular formula is C41H31BrClF3N4O6S. The maximum atomic E-state index is 15.1. The van der Waals surface area contributed by atoms with Crippen LogP contribution in [0.3, 0.4) is 0 Å². The van der Waals surface area contributed by atoms with E-state index in [9.17, 15) is 32.7 Å². The van der Waals surface area contributed by atoms with Gasteiger partial charge >= 0.3 is 6.36 Å². The first-order valence-corrected chi connectivity index (χ1v) is 20.0. The number of allylic oxidation sites excluding steroid dienone is 2. The molecule has 5 aromatic rings. The van der Waals surface area contributed by atoms with Crippen LogP contribution < -0.4 is 14.5 Å². The van der Waals surface area contributed by atoms with E-state index >= 15 is 4.79 Å². The minimum atomic E-state index is -5.06. The molecule has 1 saturated carbocycles. The zero-order valence-corrected chi connectivity index (χ0v) is 33.5. The summed E-state index contributed by atoms with van der Waals surface area (Å²) in [5, 5.41) is 17.6. The average Bonchev–Trinajstić information content (AvgIpc) is 3.82. The number of aromatic hydroxyl groups is 1. The van der Waals surface area contributed by atoms with Crippen LogP contribution in [0.2, 0.25) is 5.02 Å². The van der Waals surface area contributed by atoms with Crippen LogP contribution in [0.15, 0.2) is 82.9 Å². The Morgan fingerprint density at radius 3 is 2.42 bits per heavy atom. The molecule has 4 amide bonds. The fourth-order valence-electron chi connectivity index (χ4n) is 9.60. The van der Waals surface area contributed by atoms with Gasteiger partial charge < -0.3 is 9.84 Å². The van der Waals surface area contributed by atoms with Crippen LogP contribution >= 0.6 is 38.9 Å². The third-order valence-corrected chi connectivity index (χ3v) is 14.2. The van der Waals surface area contributed by atoms with E-state index in [1.807, 2.05) is 19.1 Å². The van der Waals surface area contributed by atoms with Crippen molar-refractivity contribution < 1.29 is 42.2 Å². The highest BCUT2D eigenvalue weighted by molar-refractivity contribution is 9.10. The van der Waals surface area contributed by atoms with Gasteiger partial charge in [-0.25, -0.2) is 4.90 Å². The number of amides is 4. The third-order valence-electron chi connectivity index (χ3n) is 12.1. The Labute approximate surface area is 340 Å². The fraction of sp³-hybridized carbons (Fsp3) is 0.293. The number of fused-ring (bicyclic) bond motifs is 5. The summed E-state index contributed by atoms with van der Waals surface area (Å²) in [6, 6.07) is 17.0. The molecule has 16 heteroatoms. The van der Waals surface area contributed by atoms with E-state index in [-0.39, 0.29) is 24.2 Å². The van der Waals surface area contributed by atoms with Crippen molar-refractivity contribution in [2.45, 2.75) is 39.0 Å². The number of halogens is 5. The van der Waals surface area contributed by atoms with Crippen LogP contribution in [0.25, 0.3) is 20.7 Å². The maximum Gasteiger partial charge on any atom is 0.573 e. The van der Waals surface area contributed by atoms with Gasteiger partial charge in [0.05, 0.1) is 33.7 Å². The Morgan fingerprint density at radius 1 is 0.965 bits per heavy atom. The van der Waals surface area contributed by atoms with Crippen LogP contribution in [0, 0.1) is 36.0 Å². The molecule has 6 atom stereocenters. The molecule has 2 aromatic heterocycles. The fourth-order valence-corrected chi connectivity index (χ4v) is 11.2. The largest absolute Gasteiger partial charge is 0.573 e. The molecule has 3 aromatic carbocycles. The number of imide groups is 2. The summed E-state index contributed by atoms with van der Waals surface area (Å²) in [7, 11) is 1.61. The summed E-state index contributed by atoms with van der Waals surface area (Å²) in [6.45, 7) is 3.51. The smallest absolute Gasteiger partial charge is 0.508 e. The Hall–Kier alpha value is -4.99. The first kappa shape index (κ1) is 37.6. The first-order valence-electron chi connectivity index (χ1n) is 18.0. The molecule has 2 saturated heterocycles. The highest BCUT2D eigenvalue weighted by atomic mass is 79.9. The van der Waals surface area contributed by atoms with Gasteiger partial charge in [-0.3, -0.25) is 28.8 Å². The number of carbonyl (C=O) groups excluding carboxylic acids is 4. The molecule has 9 rings (SSSR count). The molecule has 4 heterocycles. The number of hydrogen-bond donors (Lipinski definition) is 1. The van der Waals surface area contributed by atoms with Crippen molar-refractivity contribution in [2.24, 2.45) is 36.1 Å². The molecule has 2 aliphatic carbocycles. The van der Waals surface area contributed by atoms with E-state index in [4.69, 9.17) is 16.7 Å². The summed E-state index contributed by atoms with van der Waals surface area (Å²) in [4.78, 5) is 61.3. The zero-order chi connectivity index (χ0) is 40.5. The summed E-state index contributed by atoms with van der Waals surface area (Å²) in [6.07, 6.45) is -3.22. The lowest BCUT2D eigenvalue weighted by molar-refractivity contribution is -0.274. The number of anilines is 2. The van der Waals surface area contributed by atoms with E-state index in [1.54, 1.807) is 56.4 Å². The highest BCUT2D eigenvalue weighted by Gasteiger charge is 2.68. The van der Waals surface area contributed by atoms with Crippen LogP contribution in [0.1, 0.15) is 36.8 Å². The van der Waals surface area contributed by atoms with Crippen LogP contribution in [-0.4, -0.2) is 44.9 Å². The molecule has 1 N–H and O–H groups in total. The Balaban J connectivity index is 1.17. The second kappa shape index (κ2) is 13.0. The summed E-state index contributed by atoms with van der Waals surface area (Å²) in [5.74, 6) is -7.81. The molecule has 292 valence electrons. The first-order chi connectivity index (χ1) is 27.0. The average molecular weight is 880 g/mol. The number of rotatable bonds is 5. The predicted octanol–water partition coefficient (Wildman–Crippen LogP) is 9.07. The lowest BCUT2D eigenvalue weighted by Gasteiger charge is -2.49. The van der Waals surface area contributed by atoms with Crippen molar-refractivity contribution in [3.63, 3.8) is 0 Å². The number of phenolic OH excluding ortho intramolecular Hbond substituents is 1. The van der Waals surface area contributed by atoms with Gasteiger partial charge in [-0.1, -0.05) is 39.2 Å². The Morgan fingerprint density at radius 2 is 1.70 bits per heavy atom. The standard InChI is InChI=1S/C41H31BrClF3N4O6S/c1-18-25-14-20(43)6-13-31(25)57-35(18)29-17-32(48(3)47-29)50-37(53)28-16-26-23(10-11-24-33(26)38(54)49(36(24)52)21-7-4-19(42)5-8-21)34(40(28,2)39(50)55)27-15-22(9-12-30(27)51)56-41(44,45)46/h4-10,12-15,17,24,26,28,33-34,51H,11,16H2,1-3H3/t24-,26+,28-,33-,34+,40+/m0/s1. The van der Waals surface area contributed by atoms with Crippen LogP contribution in [-0.2, 0) is 26.2 Å². The molecule has 0 bridgehead atoms. The summed E-state index contributed by atoms with van der Waals surface area (Å²) >= 11 is 11.1. The Bertz CT molecular complexity index is 2620. The number of benzene rings is 3. The van der Waals surface area contributed by atoms with Gasteiger partial charge in [-0.2, -0.15) is 5.10 Å². The molecule has 2 aliphatic heterocycles. The van der Waals surface area contributed by atoms with Crippen molar-refractivity contribution >= 4 is 84.1 Å². The number of alkyl halides is 3. The zero-order valence-electron chi connectivity index (χ0n) is 30.3. The predicted molar refractivity (Wildman–Crippen MR) is 210 cm³/mol. The highest BCUT2D eigenvalue weighted by Crippen LogP contribution is 2.65. The van der Waals surface area contributed by atoms with Gasteiger partial charge in [0.25, 0.3) is 0 Å². The number of thiophene rings is 1. The van der Waals surface area contributed by atoms with Crippen molar-refractivity contribution in [1.82, 2.24) is 9.78 Å². The molecule has 10 nitrogen and oxygen atoms in total. The van der Waals surface area contributed by atoms with Crippen molar-refractivity contribution in [2.75, 3.05) is 9.80 Å². The monoisotopic (exact) mass is 878 g/mol. The van der Waals surface area contributed by atoms with Crippen molar-refractivity contribution in [3.8, 4) is 22.1 Å². The van der Waals surface area contributed by atoms with Crippen molar-refractivity contribution in [3.05, 3.63) is 99.0 Å². The van der Waals surface area contributed by atoms with E-state index in [2.05, 4.69) is 20.7 Å².